The quantitative estimate of drug-likeness (QED) is 0.334. The fraction of sp³-hybridized carbons (Fsp3) is 0. The molecule has 0 N–H and O–H groups in total. The largest absolute Gasteiger partial charge is 0.289 e. The van der Waals surface area contributed by atoms with Gasteiger partial charge in [-0.3, -0.25) is 14.9 Å². The second-order valence-electron chi connectivity index (χ2n) is 2.49. The molecule has 72 valence electrons. The molecule has 0 saturated heterocycles. The summed E-state index contributed by atoms with van der Waals surface area (Å²) >= 11 is 5.57. The van der Waals surface area contributed by atoms with Gasteiger partial charge in [0.1, 0.15) is 0 Å². The molecule has 4 nitrogen and oxygen atoms in total. The van der Waals surface area contributed by atoms with Crippen LogP contribution in [0.25, 0.3) is 0 Å². The number of hydrogen-bond donors (Lipinski definition) is 0. The summed E-state index contributed by atoms with van der Waals surface area (Å²) in [7, 11) is 0. The molecular weight excluding hydrogens is 206 g/mol. The van der Waals surface area contributed by atoms with Crippen molar-refractivity contribution in [2.45, 2.75) is 0 Å². The smallest absolute Gasteiger partial charge is 0.282 e. The van der Waals surface area contributed by atoms with Crippen molar-refractivity contribution in [3.8, 4) is 0 Å². The average molecular weight is 212 g/mol. The van der Waals surface area contributed by atoms with E-state index in [1.165, 1.54) is 12.1 Å². The van der Waals surface area contributed by atoms with E-state index in [1.807, 2.05) is 0 Å². The summed E-state index contributed by atoms with van der Waals surface area (Å²) in [6, 6.07) is 3.87. The normalized spacial score (nSPS) is 9.50. The Hall–Kier alpha value is -1.68. The third kappa shape index (κ3) is 1.97. The van der Waals surface area contributed by atoms with E-state index < -0.39 is 10.7 Å². The van der Waals surface area contributed by atoms with Gasteiger partial charge in [0.2, 0.25) is 0 Å². The molecule has 0 aromatic heterocycles. The molecule has 1 aromatic carbocycles. The molecule has 0 unspecified atom stereocenters. The van der Waals surface area contributed by atoms with Crippen LogP contribution in [-0.2, 0) is 0 Å². The lowest BCUT2D eigenvalue weighted by molar-refractivity contribution is -0.385. The van der Waals surface area contributed by atoms with Gasteiger partial charge >= 0.3 is 0 Å². The topological polar surface area (TPSA) is 60.2 Å². The summed E-state index contributed by atoms with van der Waals surface area (Å²) in [5.74, 6) is -0.492. The zero-order valence-corrected chi connectivity index (χ0v) is 7.82. The molecule has 0 heterocycles. The Morgan fingerprint density at radius 1 is 1.57 bits per heavy atom. The maximum absolute atomic E-state index is 11.2. The number of rotatable bonds is 3. The van der Waals surface area contributed by atoms with Crippen LogP contribution in [0.3, 0.4) is 0 Å². The van der Waals surface area contributed by atoms with Crippen molar-refractivity contribution in [2.24, 2.45) is 0 Å². The van der Waals surface area contributed by atoms with Crippen LogP contribution < -0.4 is 0 Å². The zero-order chi connectivity index (χ0) is 10.7. The van der Waals surface area contributed by atoms with E-state index >= 15 is 0 Å². The number of ketones is 1. The molecule has 5 heteroatoms. The van der Waals surface area contributed by atoms with Crippen LogP contribution in [-0.4, -0.2) is 10.7 Å². The van der Waals surface area contributed by atoms with Gasteiger partial charge in [0.05, 0.1) is 10.5 Å². The summed E-state index contributed by atoms with van der Waals surface area (Å²) < 4.78 is 0. The van der Waals surface area contributed by atoms with Crippen molar-refractivity contribution >= 4 is 23.1 Å². The second-order valence-corrected chi connectivity index (χ2v) is 2.92. The number of hydrogen-bond acceptors (Lipinski definition) is 3. The number of halogens is 1. The minimum Gasteiger partial charge on any atom is -0.289 e. The molecule has 0 fully saturated rings. The molecule has 1 aromatic rings. The van der Waals surface area contributed by atoms with Gasteiger partial charge in [0.15, 0.2) is 5.78 Å². The molecule has 0 aliphatic heterocycles. The lowest BCUT2D eigenvalue weighted by Crippen LogP contribution is -2.00. The first-order valence-corrected chi connectivity index (χ1v) is 4.04. The van der Waals surface area contributed by atoms with Gasteiger partial charge in [-0.15, -0.1) is 0 Å². The summed E-state index contributed by atoms with van der Waals surface area (Å²) in [6.07, 6.45) is 1.02. The van der Waals surface area contributed by atoms with Crippen molar-refractivity contribution in [2.75, 3.05) is 0 Å². The maximum Gasteiger partial charge on any atom is 0.282 e. The highest BCUT2D eigenvalue weighted by molar-refractivity contribution is 6.31. The molecule has 1 rings (SSSR count). The maximum atomic E-state index is 11.2. The van der Waals surface area contributed by atoms with Crippen LogP contribution in [0.1, 0.15) is 10.4 Å². The highest BCUT2D eigenvalue weighted by Gasteiger charge is 2.17. The third-order valence-corrected chi connectivity index (χ3v) is 1.84. The SMILES string of the molecule is C=CC(=O)c1ccc(Cl)cc1[N+](=O)[O-]. The Kier molecular flexibility index (Phi) is 2.99. The van der Waals surface area contributed by atoms with Crippen molar-refractivity contribution in [3.05, 3.63) is 51.6 Å². The van der Waals surface area contributed by atoms with Gasteiger partial charge in [-0.2, -0.15) is 0 Å². The minimum absolute atomic E-state index is 0.00519. The summed E-state index contributed by atoms with van der Waals surface area (Å²) in [6.45, 7) is 3.25. The number of nitro benzene ring substituents is 1. The predicted molar refractivity (Wildman–Crippen MR) is 52.6 cm³/mol. The van der Waals surface area contributed by atoms with Gasteiger partial charge in [0, 0.05) is 11.1 Å². The Morgan fingerprint density at radius 2 is 2.21 bits per heavy atom. The monoisotopic (exact) mass is 211 g/mol. The molecule has 0 bridgehead atoms. The van der Waals surface area contributed by atoms with Gasteiger partial charge in [-0.05, 0) is 18.2 Å². The molecule has 0 saturated carbocycles. The summed E-state index contributed by atoms with van der Waals surface area (Å²) in [5.41, 5.74) is -0.309. The van der Waals surface area contributed by atoms with Crippen molar-refractivity contribution < 1.29 is 9.72 Å². The van der Waals surface area contributed by atoms with Crippen molar-refractivity contribution in [1.29, 1.82) is 0 Å². The van der Waals surface area contributed by atoms with Crippen LogP contribution in [0.5, 0.6) is 0 Å². The van der Waals surface area contributed by atoms with Gasteiger partial charge in [-0.1, -0.05) is 18.2 Å². The lowest BCUT2D eigenvalue weighted by atomic mass is 10.1. The molecule has 0 radical (unpaired) electrons. The minimum atomic E-state index is -0.650. The first-order chi connectivity index (χ1) is 6.56. The van der Waals surface area contributed by atoms with E-state index in [0.717, 1.165) is 12.1 Å². The number of carbonyl (C=O) groups is 1. The van der Waals surface area contributed by atoms with E-state index in [-0.39, 0.29) is 16.3 Å². The van der Waals surface area contributed by atoms with Gasteiger partial charge in [0.25, 0.3) is 5.69 Å². The van der Waals surface area contributed by atoms with E-state index in [1.54, 1.807) is 0 Å². The van der Waals surface area contributed by atoms with Crippen molar-refractivity contribution in [3.63, 3.8) is 0 Å². The Bertz CT molecular complexity index is 415. The van der Waals surface area contributed by atoms with E-state index in [4.69, 9.17) is 11.6 Å². The average Bonchev–Trinajstić information content (AvgIpc) is 2.16. The number of nitro groups is 1. The Balaban J connectivity index is 3.35. The number of nitrogens with zero attached hydrogens (tertiary/aromatic N) is 1. The lowest BCUT2D eigenvalue weighted by Gasteiger charge is -1.98. The highest BCUT2D eigenvalue weighted by Crippen LogP contribution is 2.23. The standard InChI is InChI=1S/C9H6ClNO3/c1-2-9(12)7-4-3-6(10)5-8(7)11(13)14/h2-5H,1H2. The first-order valence-electron chi connectivity index (χ1n) is 3.67. The van der Waals surface area contributed by atoms with Crippen LogP contribution in [0, 0.1) is 10.1 Å². The first kappa shape index (κ1) is 10.4. The summed E-state index contributed by atoms with van der Waals surface area (Å²) in [5, 5.41) is 10.8. The van der Waals surface area contributed by atoms with E-state index in [9.17, 15) is 14.9 Å². The van der Waals surface area contributed by atoms with E-state index in [0.29, 0.717) is 0 Å². The van der Waals surface area contributed by atoms with Gasteiger partial charge in [-0.25, -0.2) is 0 Å². The number of benzene rings is 1. The fourth-order valence-corrected chi connectivity index (χ4v) is 1.14. The summed E-state index contributed by atoms with van der Waals surface area (Å²) in [4.78, 5) is 21.1. The Labute approximate surface area is 85.0 Å². The van der Waals surface area contributed by atoms with Crippen molar-refractivity contribution in [1.82, 2.24) is 0 Å². The molecule has 0 aliphatic rings. The highest BCUT2D eigenvalue weighted by atomic mass is 35.5. The van der Waals surface area contributed by atoms with Crippen LogP contribution in [0.4, 0.5) is 5.69 Å². The Morgan fingerprint density at radius 3 is 2.71 bits per heavy atom. The third-order valence-electron chi connectivity index (χ3n) is 1.61. The zero-order valence-electron chi connectivity index (χ0n) is 7.07. The molecule has 0 amide bonds. The van der Waals surface area contributed by atoms with Crippen LogP contribution in [0.15, 0.2) is 30.9 Å². The second kappa shape index (κ2) is 4.02. The molecule has 0 aliphatic carbocycles. The van der Waals surface area contributed by atoms with Gasteiger partial charge < -0.3 is 0 Å². The molecule has 0 atom stereocenters. The molecular formula is C9H6ClNO3. The number of carbonyl (C=O) groups excluding carboxylic acids is 1. The fourth-order valence-electron chi connectivity index (χ4n) is 0.974. The number of allylic oxidation sites excluding steroid dienone is 1. The molecule has 0 spiro atoms. The molecule has 14 heavy (non-hydrogen) atoms. The van der Waals surface area contributed by atoms with Crippen LogP contribution in [0.2, 0.25) is 5.02 Å². The predicted octanol–water partition coefficient (Wildman–Crippen LogP) is 2.62. The van der Waals surface area contributed by atoms with Crippen LogP contribution >= 0.6 is 11.6 Å². The van der Waals surface area contributed by atoms with E-state index in [2.05, 4.69) is 6.58 Å².